The van der Waals surface area contributed by atoms with Gasteiger partial charge in [0.25, 0.3) is 0 Å². The molecule has 0 bridgehead atoms. The molecule has 90 valence electrons. The third-order valence-electron chi connectivity index (χ3n) is 2.53. The first-order chi connectivity index (χ1) is 8.08. The first kappa shape index (κ1) is 12.5. The Kier molecular flexibility index (Phi) is 3.79. The van der Waals surface area contributed by atoms with Crippen LogP contribution >= 0.6 is 15.9 Å². The fraction of sp³-hybridized carbons (Fsp3) is 0.250. The normalized spacial score (nSPS) is 12.6. The standard InChI is InChI=1S/C12H12BrNO2S/c1-8-12(9(2)16-14-8)7-17(15)11-5-3-10(13)4-6-11/h3-6H,7H2,1-2H3. The molecule has 0 fully saturated rings. The molecule has 2 aromatic rings. The summed E-state index contributed by atoms with van der Waals surface area (Å²) in [4.78, 5) is 0.813. The number of hydrogen-bond acceptors (Lipinski definition) is 3. The molecular weight excluding hydrogens is 302 g/mol. The number of aryl methyl sites for hydroxylation is 2. The molecule has 0 saturated carbocycles. The Balaban J connectivity index is 2.20. The highest BCUT2D eigenvalue weighted by Gasteiger charge is 2.13. The molecule has 3 nitrogen and oxygen atoms in total. The number of benzene rings is 1. The highest BCUT2D eigenvalue weighted by atomic mass is 79.9. The minimum absolute atomic E-state index is 0.447. The first-order valence-corrected chi connectivity index (χ1v) is 7.25. The molecule has 1 aromatic carbocycles. The molecule has 5 heteroatoms. The van der Waals surface area contributed by atoms with E-state index in [2.05, 4.69) is 21.1 Å². The molecule has 1 heterocycles. The molecule has 0 radical (unpaired) electrons. The highest BCUT2D eigenvalue weighted by Crippen LogP contribution is 2.19. The molecule has 0 amide bonds. The Morgan fingerprint density at radius 3 is 2.47 bits per heavy atom. The summed E-state index contributed by atoms with van der Waals surface area (Å²) in [6.07, 6.45) is 0. The number of nitrogens with zero attached hydrogens (tertiary/aromatic N) is 1. The van der Waals surface area contributed by atoms with Crippen LogP contribution in [0.2, 0.25) is 0 Å². The maximum atomic E-state index is 12.2. The second-order valence-corrected chi connectivity index (χ2v) is 6.11. The van der Waals surface area contributed by atoms with E-state index in [-0.39, 0.29) is 0 Å². The van der Waals surface area contributed by atoms with Crippen molar-refractivity contribution in [2.24, 2.45) is 0 Å². The van der Waals surface area contributed by atoms with Gasteiger partial charge in [-0.25, -0.2) is 0 Å². The lowest BCUT2D eigenvalue weighted by atomic mass is 10.2. The molecule has 1 aromatic heterocycles. The van der Waals surface area contributed by atoms with E-state index in [9.17, 15) is 4.21 Å². The zero-order valence-electron chi connectivity index (χ0n) is 9.57. The Bertz CT molecular complexity index is 529. The fourth-order valence-electron chi connectivity index (χ4n) is 1.51. The predicted molar refractivity (Wildman–Crippen MR) is 70.2 cm³/mol. The van der Waals surface area contributed by atoms with E-state index in [0.29, 0.717) is 5.75 Å². The second kappa shape index (κ2) is 5.14. The van der Waals surface area contributed by atoms with E-state index >= 15 is 0 Å². The molecule has 0 aliphatic heterocycles. The van der Waals surface area contributed by atoms with Crippen LogP contribution in [0.5, 0.6) is 0 Å². The van der Waals surface area contributed by atoms with Crippen LogP contribution in [0.4, 0.5) is 0 Å². The number of hydrogen-bond donors (Lipinski definition) is 0. The average molecular weight is 314 g/mol. The molecule has 0 aliphatic carbocycles. The smallest absolute Gasteiger partial charge is 0.138 e. The van der Waals surface area contributed by atoms with E-state index < -0.39 is 10.8 Å². The van der Waals surface area contributed by atoms with Gasteiger partial charge in [0.15, 0.2) is 0 Å². The fourth-order valence-corrected chi connectivity index (χ4v) is 3.05. The maximum Gasteiger partial charge on any atom is 0.138 e. The average Bonchev–Trinajstić information content (AvgIpc) is 2.61. The van der Waals surface area contributed by atoms with E-state index in [1.807, 2.05) is 38.1 Å². The monoisotopic (exact) mass is 313 g/mol. The first-order valence-electron chi connectivity index (χ1n) is 5.13. The van der Waals surface area contributed by atoms with Crippen molar-refractivity contribution in [1.82, 2.24) is 5.16 Å². The summed E-state index contributed by atoms with van der Waals surface area (Å²) < 4.78 is 18.2. The van der Waals surface area contributed by atoms with E-state index in [1.54, 1.807) is 0 Å². The number of aromatic nitrogens is 1. The van der Waals surface area contributed by atoms with Gasteiger partial charge in [-0.2, -0.15) is 0 Å². The molecule has 2 rings (SSSR count). The lowest BCUT2D eigenvalue weighted by Crippen LogP contribution is -1.98. The Labute approximate surface area is 111 Å². The summed E-state index contributed by atoms with van der Waals surface area (Å²) in [7, 11) is -1.06. The van der Waals surface area contributed by atoms with Crippen LogP contribution in [0.3, 0.4) is 0 Å². The molecule has 0 spiro atoms. The zero-order chi connectivity index (χ0) is 12.4. The molecule has 1 atom stereocenters. The van der Waals surface area contributed by atoms with Gasteiger partial charge >= 0.3 is 0 Å². The quantitative estimate of drug-likeness (QED) is 0.872. The van der Waals surface area contributed by atoms with Gasteiger partial charge in [0, 0.05) is 14.9 Å². The van der Waals surface area contributed by atoms with Gasteiger partial charge in [-0.05, 0) is 38.1 Å². The summed E-state index contributed by atoms with van der Waals surface area (Å²) in [6.45, 7) is 3.71. The zero-order valence-corrected chi connectivity index (χ0v) is 12.0. The summed E-state index contributed by atoms with van der Waals surface area (Å²) in [5.74, 6) is 1.19. The summed E-state index contributed by atoms with van der Waals surface area (Å²) in [5, 5.41) is 3.86. The van der Waals surface area contributed by atoms with Crippen LogP contribution in [0.1, 0.15) is 17.0 Å². The van der Waals surface area contributed by atoms with Crippen molar-refractivity contribution < 1.29 is 8.73 Å². The highest BCUT2D eigenvalue weighted by molar-refractivity contribution is 9.10. The second-order valence-electron chi connectivity index (χ2n) is 3.75. The van der Waals surface area contributed by atoms with Gasteiger partial charge in [0.05, 0.1) is 22.2 Å². The maximum absolute atomic E-state index is 12.2. The van der Waals surface area contributed by atoms with Gasteiger partial charge in [-0.15, -0.1) is 0 Å². The predicted octanol–water partition coefficient (Wildman–Crippen LogP) is 3.36. The summed E-state index contributed by atoms with van der Waals surface area (Å²) in [5.41, 5.74) is 1.75. The largest absolute Gasteiger partial charge is 0.361 e. The Morgan fingerprint density at radius 1 is 1.29 bits per heavy atom. The van der Waals surface area contributed by atoms with E-state index in [0.717, 1.165) is 26.4 Å². The van der Waals surface area contributed by atoms with Crippen LogP contribution in [0, 0.1) is 13.8 Å². The third-order valence-corrected chi connectivity index (χ3v) is 4.41. The number of halogens is 1. The molecule has 0 N–H and O–H groups in total. The van der Waals surface area contributed by atoms with Crippen LogP contribution in [-0.2, 0) is 16.6 Å². The minimum atomic E-state index is -1.06. The molecular formula is C12H12BrNO2S. The van der Waals surface area contributed by atoms with Crippen LogP contribution in [0.25, 0.3) is 0 Å². The number of rotatable bonds is 3. The van der Waals surface area contributed by atoms with Crippen LogP contribution in [-0.4, -0.2) is 9.37 Å². The third kappa shape index (κ3) is 2.84. The van der Waals surface area contributed by atoms with Crippen LogP contribution in [0.15, 0.2) is 38.2 Å². The Hall–Kier alpha value is -0.940. The van der Waals surface area contributed by atoms with Gasteiger partial charge in [-0.3, -0.25) is 4.21 Å². The summed E-state index contributed by atoms with van der Waals surface area (Å²) in [6, 6.07) is 7.50. The molecule has 0 saturated heterocycles. The minimum Gasteiger partial charge on any atom is -0.361 e. The van der Waals surface area contributed by atoms with Gasteiger partial charge in [-0.1, -0.05) is 21.1 Å². The van der Waals surface area contributed by atoms with Crippen molar-refractivity contribution in [3.8, 4) is 0 Å². The lowest BCUT2D eigenvalue weighted by Gasteiger charge is -2.02. The van der Waals surface area contributed by atoms with E-state index in [4.69, 9.17) is 4.52 Å². The van der Waals surface area contributed by atoms with E-state index in [1.165, 1.54) is 0 Å². The van der Waals surface area contributed by atoms with Crippen molar-refractivity contribution in [3.05, 3.63) is 45.8 Å². The summed E-state index contributed by atoms with van der Waals surface area (Å²) >= 11 is 3.35. The van der Waals surface area contributed by atoms with Crippen molar-refractivity contribution in [3.63, 3.8) is 0 Å². The van der Waals surface area contributed by atoms with Crippen molar-refractivity contribution in [1.29, 1.82) is 0 Å². The SMILES string of the molecule is Cc1noc(C)c1CS(=O)c1ccc(Br)cc1. The van der Waals surface area contributed by atoms with Crippen molar-refractivity contribution >= 4 is 26.7 Å². The van der Waals surface area contributed by atoms with Gasteiger partial charge < -0.3 is 4.52 Å². The van der Waals surface area contributed by atoms with Gasteiger partial charge in [0.1, 0.15) is 5.76 Å². The van der Waals surface area contributed by atoms with Crippen LogP contribution < -0.4 is 0 Å². The molecule has 1 unspecified atom stereocenters. The lowest BCUT2D eigenvalue weighted by molar-refractivity contribution is 0.392. The topological polar surface area (TPSA) is 43.1 Å². The van der Waals surface area contributed by atoms with Crippen molar-refractivity contribution in [2.75, 3.05) is 0 Å². The van der Waals surface area contributed by atoms with Crippen molar-refractivity contribution in [2.45, 2.75) is 24.5 Å². The Morgan fingerprint density at radius 2 is 1.94 bits per heavy atom. The van der Waals surface area contributed by atoms with Gasteiger partial charge in [0.2, 0.25) is 0 Å². The molecule has 0 aliphatic rings. The molecule has 17 heavy (non-hydrogen) atoms.